The number of likely N-dealkylation sites (N-methyl/N-ethyl adjacent to an activating group) is 1. The second-order valence-electron chi connectivity index (χ2n) is 7.17. The maximum absolute atomic E-state index is 11.3. The normalized spacial score (nSPS) is 25.5. The van der Waals surface area contributed by atoms with E-state index in [-0.39, 0.29) is 0 Å². The van der Waals surface area contributed by atoms with Gasteiger partial charge in [0.1, 0.15) is 6.04 Å². The predicted octanol–water partition coefficient (Wildman–Crippen LogP) is 2.09. The Hall–Kier alpha value is -0.610. The van der Waals surface area contributed by atoms with E-state index >= 15 is 0 Å². The predicted molar refractivity (Wildman–Crippen MR) is 76.2 cm³/mol. The van der Waals surface area contributed by atoms with E-state index in [0.29, 0.717) is 24.0 Å². The van der Waals surface area contributed by atoms with Crippen molar-refractivity contribution in [1.82, 2.24) is 10.2 Å². The number of carboxylic acids is 1. The zero-order valence-corrected chi connectivity index (χ0v) is 12.5. The Bertz CT molecular complexity index is 316. The summed E-state index contributed by atoms with van der Waals surface area (Å²) in [5, 5.41) is 12.5. The van der Waals surface area contributed by atoms with Gasteiger partial charge in [0, 0.05) is 18.6 Å². The molecule has 2 N–H and O–H groups in total. The minimum atomic E-state index is -0.713. The maximum Gasteiger partial charge on any atom is 0.322 e. The Balaban J connectivity index is 1.81. The van der Waals surface area contributed by atoms with Crippen molar-refractivity contribution in [3.8, 4) is 0 Å². The molecule has 2 fully saturated rings. The lowest BCUT2D eigenvalue weighted by Crippen LogP contribution is -2.49. The number of carboxylic acid groups (broad SMARTS) is 1. The van der Waals surface area contributed by atoms with Gasteiger partial charge in [-0.1, -0.05) is 13.8 Å². The van der Waals surface area contributed by atoms with Crippen molar-refractivity contribution in [2.75, 3.05) is 13.6 Å². The van der Waals surface area contributed by atoms with E-state index in [4.69, 9.17) is 0 Å². The molecule has 4 heteroatoms. The highest BCUT2D eigenvalue weighted by atomic mass is 16.4. The second-order valence-corrected chi connectivity index (χ2v) is 7.17. The van der Waals surface area contributed by atoms with Crippen LogP contribution in [-0.2, 0) is 4.79 Å². The van der Waals surface area contributed by atoms with Gasteiger partial charge in [0.05, 0.1) is 0 Å². The van der Waals surface area contributed by atoms with Crippen molar-refractivity contribution in [1.29, 1.82) is 0 Å². The van der Waals surface area contributed by atoms with Gasteiger partial charge < -0.3 is 15.3 Å². The van der Waals surface area contributed by atoms with Crippen LogP contribution in [0.4, 0.5) is 0 Å². The van der Waals surface area contributed by atoms with Crippen molar-refractivity contribution in [2.45, 2.75) is 70.5 Å². The number of aliphatic carboxylic acids is 1. The molecule has 0 bridgehead atoms. The summed E-state index contributed by atoms with van der Waals surface area (Å²) >= 11 is 0. The molecule has 0 aliphatic heterocycles. The van der Waals surface area contributed by atoms with Crippen LogP contribution >= 0.6 is 0 Å². The molecule has 2 aliphatic carbocycles. The van der Waals surface area contributed by atoms with Gasteiger partial charge in [-0.15, -0.1) is 0 Å². The number of nitrogens with zero attached hydrogens (tertiary/aromatic N) is 1. The Morgan fingerprint density at radius 2 is 1.89 bits per heavy atom. The molecule has 0 saturated heterocycles. The van der Waals surface area contributed by atoms with Gasteiger partial charge >= 0.3 is 5.97 Å². The summed E-state index contributed by atoms with van der Waals surface area (Å²) in [6.45, 7) is 5.28. The molecule has 0 spiro atoms. The van der Waals surface area contributed by atoms with Crippen molar-refractivity contribution >= 4 is 5.97 Å². The van der Waals surface area contributed by atoms with E-state index in [1.54, 1.807) is 0 Å². The third kappa shape index (κ3) is 4.46. The van der Waals surface area contributed by atoms with Crippen LogP contribution in [0.5, 0.6) is 0 Å². The monoisotopic (exact) mass is 268 g/mol. The van der Waals surface area contributed by atoms with Crippen molar-refractivity contribution < 1.29 is 9.90 Å². The Labute approximate surface area is 116 Å². The molecule has 1 atom stereocenters. The molecule has 110 valence electrons. The van der Waals surface area contributed by atoms with Gasteiger partial charge in [-0.25, -0.2) is 0 Å². The standard InChI is InChI=1S/C15H28N2O2/c1-15(2)8-6-12(7-9-15)17(3)10-13(14(18)19)16-11-4-5-11/h11-13,16H,4-10H2,1-3H3,(H,18,19). The summed E-state index contributed by atoms with van der Waals surface area (Å²) in [6.07, 6.45) is 7.14. The Morgan fingerprint density at radius 1 is 1.32 bits per heavy atom. The Kier molecular flexibility index (Phi) is 4.51. The van der Waals surface area contributed by atoms with Crippen LogP contribution < -0.4 is 5.32 Å². The average Bonchev–Trinajstić information content (AvgIpc) is 3.11. The highest BCUT2D eigenvalue weighted by Crippen LogP contribution is 2.36. The number of hydrogen-bond acceptors (Lipinski definition) is 3. The zero-order valence-electron chi connectivity index (χ0n) is 12.5. The SMILES string of the molecule is CN(CC(NC1CC1)C(=O)O)C1CCC(C)(C)CC1. The molecule has 0 aromatic heterocycles. The molecular formula is C15H28N2O2. The van der Waals surface area contributed by atoms with E-state index < -0.39 is 12.0 Å². The quantitative estimate of drug-likeness (QED) is 0.774. The first-order chi connectivity index (χ1) is 8.87. The van der Waals surface area contributed by atoms with Crippen molar-refractivity contribution in [3.05, 3.63) is 0 Å². The van der Waals surface area contributed by atoms with E-state index in [9.17, 15) is 9.90 Å². The van der Waals surface area contributed by atoms with Crippen LogP contribution in [0.2, 0.25) is 0 Å². The third-order valence-corrected chi connectivity index (χ3v) is 4.71. The van der Waals surface area contributed by atoms with Gasteiger partial charge in [0.15, 0.2) is 0 Å². The number of nitrogens with one attached hydrogen (secondary N) is 1. The fraction of sp³-hybridized carbons (Fsp3) is 0.933. The number of carbonyl (C=O) groups is 1. The third-order valence-electron chi connectivity index (χ3n) is 4.71. The average molecular weight is 268 g/mol. The van der Waals surface area contributed by atoms with Gasteiger partial charge in [-0.05, 0) is 51.0 Å². The van der Waals surface area contributed by atoms with Crippen LogP contribution in [0.15, 0.2) is 0 Å². The van der Waals surface area contributed by atoms with Gasteiger partial charge in [-0.3, -0.25) is 4.79 Å². The summed E-state index contributed by atoms with van der Waals surface area (Å²) in [5.74, 6) is -0.713. The lowest BCUT2D eigenvalue weighted by atomic mass is 9.75. The topological polar surface area (TPSA) is 52.6 Å². The van der Waals surface area contributed by atoms with E-state index in [2.05, 4.69) is 31.1 Å². The molecule has 0 heterocycles. The number of hydrogen-bond donors (Lipinski definition) is 2. The maximum atomic E-state index is 11.3. The van der Waals surface area contributed by atoms with Gasteiger partial charge in [0.2, 0.25) is 0 Å². The van der Waals surface area contributed by atoms with Crippen LogP contribution in [0, 0.1) is 5.41 Å². The molecule has 4 nitrogen and oxygen atoms in total. The highest BCUT2D eigenvalue weighted by molar-refractivity contribution is 5.73. The summed E-state index contributed by atoms with van der Waals surface area (Å²) in [6, 6.07) is 0.586. The number of rotatable bonds is 6. The zero-order chi connectivity index (χ0) is 14.0. The fourth-order valence-electron chi connectivity index (χ4n) is 3.00. The Morgan fingerprint density at radius 3 is 2.37 bits per heavy atom. The molecule has 2 rings (SSSR count). The fourth-order valence-corrected chi connectivity index (χ4v) is 3.00. The molecule has 19 heavy (non-hydrogen) atoms. The molecule has 2 aliphatic rings. The molecule has 0 aromatic rings. The smallest absolute Gasteiger partial charge is 0.322 e. The second kappa shape index (κ2) is 5.80. The van der Waals surface area contributed by atoms with Crippen LogP contribution in [0.3, 0.4) is 0 Å². The summed E-state index contributed by atoms with van der Waals surface area (Å²) in [5.41, 5.74) is 0.468. The first-order valence-corrected chi connectivity index (χ1v) is 7.56. The largest absolute Gasteiger partial charge is 0.480 e. The van der Waals surface area contributed by atoms with Crippen LogP contribution in [0.25, 0.3) is 0 Å². The lowest BCUT2D eigenvalue weighted by Gasteiger charge is -2.39. The molecule has 0 aromatic carbocycles. The minimum absolute atomic E-state index is 0.410. The minimum Gasteiger partial charge on any atom is -0.480 e. The van der Waals surface area contributed by atoms with Gasteiger partial charge in [-0.2, -0.15) is 0 Å². The van der Waals surface area contributed by atoms with Crippen molar-refractivity contribution in [2.24, 2.45) is 5.41 Å². The summed E-state index contributed by atoms with van der Waals surface area (Å²) in [4.78, 5) is 13.5. The molecular weight excluding hydrogens is 240 g/mol. The van der Waals surface area contributed by atoms with Crippen LogP contribution in [-0.4, -0.2) is 47.7 Å². The summed E-state index contributed by atoms with van der Waals surface area (Å²) in [7, 11) is 2.08. The molecule has 2 saturated carbocycles. The van der Waals surface area contributed by atoms with Gasteiger partial charge in [0.25, 0.3) is 0 Å². The highest BCUT2D eigenvalue weighted by Gasteiger charge is 2.32. The van der Waals surface area contributed by atoms with E-state index in [1.165, 1.54) is 25.7 Å². The lowest BCUT2D eigenvalue weighted by molar-refractivity contribution is -0.140. The molecule has 1 unspecified atom stereocenters. The van der Waals surface area contributed by atoms with E-state index in [0.717, 1.165) is 12.8 Å². The molecule has 0 amide bonds. The van der Waals surface area contributed by atoms with Crippen molar-refractivity contribution in [3.63, 3.8) is 0 Å². The first kappa shape index (κ1) is 14.8. The molecule has 0 radical (unpaired) electrons. The summed E-state index contributed by atoms with van der Waals surface area (Å²) < 4.78 is 0. The van der Waals surface area contributed by atoms with Crippen LogP contribution in [0.1, 0.15) is 52.4 Å². The van der Waals surface area contributed by atoms with E-state index in [1.807, 2.05) is 0 Å². The first-order valence-electron chi connectivity index (χ1n) is 7.56.